The smallest absolute Gasteiger partial charge is 0.337 e. The Kier molecular flexibility index (Phi) is 2.44. The van der Waals surface area contributed by atoms with Crippen molar-refractivity contribution in [3.63, 3.8) is 0 Å². The van der Waals surface area contributed by atoms with Gasteiger partial charge in [-0.25, -0.2) is 9.78 Å². The standard InChI is InChI=1S/C11H10N2O3/c1-7(14)13-6-12-9-4-3-8(5-10(9)13)11(15)16-2/h3-6H,1-2H3. The number of carbonyl (C=O) groups is 2. The summed E-state index contributed by atoms with van der Waals surface area (Å²) in [6, 6.07) is 4.89. The number of imidazole rings is 1. The van der Waals surface area contributed by atoms with Gasteiger partial charge < -0.3 is 4.74 Å². The number of hydrogen-bond acceptors (Lipinski definition) is 4. The molecule has 0 aliphatic heterocycles. The number of hydrogen-bond donors (Lipinski definition) is 0. The first-order valence-corrected chi connectivity index (χ1v) is 4.70. The van der Waals surface area contributed by atoms with E-state index in [0.29, 0.717) is 16.6 Å². The molecule has 0 aliphatic carbocycles. The molecule has 0 radical (unpaired) electrons. The van der Waals surface area contributed by atoms with Crippen molar-refractivity contribution in [1.29, 1.82) is 0 Å². The van der Waals surface area contributed by atoms with Crippen molar-refractivity contribution in [2.24, 2.45) is 0 Å². The van der Waals surface area contributed by atoms with Gasteiger partial charge in [-0.2, -0.15) is 0 Å². The number of rotatable bonds is 1. The Labute approximate surface area is 91.6 Å². The molecule has 0 fully saturated rings. The Morgan fingerprint density at radius 3 is 2.75 bits per heavy atom. The highest BCUT2D eigenvalue weighted by Crippen LogP contribution is 2.15. The predicted molar refractivity (Wildman–Crippen MR) is 57.4 cm³/mol. The molecule has 1 heterocycles. The molecule has 5 heteroatoms. The van der Waals surface area contributed by atoms with Gasteiger partial charge in [-0.15, -0.1) is 0 Å². The van der Waals surface area contributed by atoms with Gasteiger partial charge in [0.1, 0.15) is 6.33 Å². The lowest BCUT2D eigenvalue weighted by Crippen LogP contribution is -2.05. The Hall–Kier alpha value is -2.17. The largest absolute Gasteiger partial charge is 0.465 e. The quantitative estimate of drug-likeness (QED) is 0.680. The number of methoxy groups -OCH3 is 1. The molecule has 0 saturated heterocycles. The zero-order valence-electron chi connectivity index (χ0n) is 8.93. The van der Waals surface area contributed by atoms with Crippen molar-refractivity contribution in [2.75, 3.05) is 7.11 Å². The molecule has 1 aromatic carbocycles. The number of ether oxygens (including phenoxy) is 1. The third-order valence-electron chi connectivity index (χ3n) is 2.31. The van der Waals surface area contributed by atoms with Gasteiger partial charge in [0.15, 0.2) is 0 Å². The lowest BCUT2D eigenvalue weighted by Gasteiger charge is -2.01. The van der Waals surface area contributed by atoms with E-state index in [1.807, 2.05) is 0 Å². The third-order valence-corrected chi connectivity index (χ3v) is 2.31. The van der Waals surface area contributed by atoms with Crippen LogP contribution in [0.5, 0.6) is 0 Å². The van der Waals surface area contributed by atoms with Gasteiger partial charge in [0, 0.05) is 6.92 Å². The Morgan fingerprint density at radius 1 is 1.38 bits per heavy atom. The number of carbonyl (C=O) groups excluding carboxylic acids is 2. The summed E-state index contributed by atoms with van der Waals surface area (Å²) in [5, 5.41) is 0. The molecule has 82 valence electrons. The first-order valence-electron chi connectivity index (χ1n) is 4.70. The molecule has 5 nitrogen and oxygen atoms in total. The van der Waals surface area contributed by atoms with Crippen LogP contribution in [0.4, 0.5) is 0 Å². The fraction of sp³-hybridized carbons (Fsp3) is 0.182. The van der Waals surface area contributed by atoms with Crippen LogP contribution >= 0.6 is 0 Å². The van der Waals surface area contributed by atoms with Crippen molar-refractivity contribution in [3.05, 3.63) is 30.1 Å². The minimum Gasteiger partial charge on any atom is -0.465 e. The maximum Gasteiger partial charge on any atom is 0.337 e. The summed E-state index contributed by atoms with van der Waals surface area (Å²) >= 11 is 0. The molecule has 0 amide bonds. The number of nitrogens with zero attached hydrogens (tertiary/aromatic N) is 2. The van der Waals surface area contributed by atoms with E-state index in [1.54, 1.807) is 18.2 Å². The van der Waals surface area contributed by atoms with Crippen LogP contribution in [-0.2, 0) is 4.74 Å². The first kappa shape index (κ1) is 10.4. The van der Waals surface area contributed by atoms with Crippen LogP contribution in [0.1, 0.15) is 22.1 Å². The van der Waals surface area contributed by atoms with Gasteiger partial charge in [0.25, 0.3) is 0 Å². The summed E-state index contributed by atoms with van der Waals surface area (Å²) in [5.41, 5.74) is 1.68. The van der Waals surface area contributed by atoms with Gasteiger partial charge in [-0.05, 0) is 18.2 Å². The summed E-state index contributed by atoms with van der Waals surface area (Å²) in [4.78, 5) is 26.7. The molecule has 2 aromatic rings. The van der Waals surface area contributed by atoms with Crippen molar-refractivity contribution < 1.29 is 14.3 Å². The van der Waals surface area contributed by atoms with Crippen LogP contribution in [0.3, 0.4) is 0 Å². The molecule has 1 aromatic heterocycles. The molecule has 0 unspecified atom stereocenters. The summed E-state index contributed by atoms with van der Waals surface area (Å²) in [5.74, 6) is -0.581. The minimum atomic E-state index is -0.432. The fourth-order valence-corrected chi connectivity index (χ4v) is 1.50. The molecule has 0 bridgehead atoms. The molecule has 16 heavy (non-hydrogen) atoms. The Morgan fingerprint density at radius 2 is 2.12 bits per heavy atom. The van der Waals surface area contributed by atoms with E-state index < -0.39 is 5.97 Å². The monoisotopic (exact) mass is 218 g/mol. The van der Waals surface area contributed by atoms with E-state index in [2.05, 4.69) is 9.72 Å². The van der Waals surface area contributed by atoms with Crippen LogP contribution in [0.15, 0.2) is 24.5 Å². The third kappa shape index (κ3) is 1.56. The molecule has 2 rings (SSSR count). The topological polar surface area (TPSA) is 61.2 Å². The molecule has 0 saturated carbocycles. The molecule has 0 spiro atoms. The van der Waals surface area contributed by atoms with Gasteiger partial charge in [0.2, 0.25) is 5.91 Å². The van der Waals surface area contributed by atoms with E-state index in [4.69, 9.17) is 0 Å². The normalized spacial score (nSPS) is 10.4. The molecule has 0 atom stereocenters. The second kappa shape index (κ2) is 3.77. The van der Waals surface area contributed by atoms with Crippen molar-refractivity contribution in [1.82, 2.24) is 9.55 Å². The summed E-state index contributed by atoms with van der Waals surface area (Å²) in [6.07, 6.45) is 1.44. The molecule has 0 aliphatic rings. The number of benzene rings is 1. The van der Waals surface area contributed by atoms with Crippen LogP contribution in [0, 0.1) is 0 Å². The van der Waals surface area contributed by atoms with Gasteiger partial charge >= 0.3 is 5.97 Å². The summed E-state index contributed by atoms with van der Waals surface area (Å²) < 4.78 is 6.00. The highest BCUT2D eigenvalue weighted by molar-refractivity contribution is 5.96. The average molecular weight is 218 g/mol. The zero-order valence-corrected chi connectivity index (χ0v) is 8.93. The van der Waals surface area contributed by atoms with E-state index in [-0.39, 0.29) is 5.91 Å². The van der Waals surface area contributed by atoms with Gasteiger partial charge in [0.05, 0.1) is 23.7 Å². The molecule has 0 N–H and O–H groups in total. The highest BCUT2D eigenvalue weighted by atomic mass is 16.5. The van der Waals surface area contributed by atoms with Crippen LogP contribution < -0.4 is 0 Å². The maximum atomic E-state index is 11.3. The van der Waals surface area contributed by atoms with E-state index >= 15 is 0 Å². The number of aromatic nitrogens is 2. The molecular weight excluding hydrogens is 208 g/mol. The van der Waals surface area contributed by atoms with Crippen molar-refractivity contribution in [3.8, 4) is 0 Å². The van der Waals surface area contributed by atoms with E-state index in [9.17, 15) is 9.59 Å². The fourth-order valence-electron chi connectivity index (χ4n) is 1.50. The minimum absolute atomic E-state index is 0.149. The zero-order chi connectivity index (χ0) is 11.7. The van der Waals surface area contributed by atoms with Crippen molar-refractivity contribution >= 4 is 22.9 Å². The first-order chi connectivity index (χ1) is 7.63. The molecular formula is C11H10N2O3. The van der Waals surface area contributed by atoms with E-state index in [0.717, 1.165) is 0 Å². The van der Waals surface area contributed by atoms with Crippen LogP contribution in [0.25, 0.3) is 11.0 Å². The van der Waals surface area contributed by atoms with E-state index in [1.165, 1.54) is 24.9 Å². The lowest BCUT2D eigenvalue weighted by molar-refractivity contribution is 0.0600. The SMILES string of the molecule is COC(=O)c1ccc2ncn(C(C)=O)c2c1. The predicted octanol–water partition coefficient (Wildman–Crippen LogP) is 1.48. The Bertz CT molecular complexity index is 572. The van der Waals surface area contributed by atoms with Crippen molar-refractivity contribution in [2.45, 2.75) is 6.92 Å². The lowest BCUT2D eigenvalue weighted by atomic mass is 10.2. The van der Waals surface area contributed by atoms with Gasteiger partial charge in [-0.3, -0.25) is 9.36 Å². The van der Waals surface area contributed by atoms with Gasteiger partial charge in [-0.1, -0.05) is 0 Å². The number of esters is 1. The summed E-state index contributed by atoms with van der Waals surface area (Å²) in [7, 11) is 1.31. The average Bonchev–Trinajstić information content (AvgIpc) is 2.70. The number of fused-ring (bicyclic) bond motifs is 1. The maximum absolute atomic E-state index is 11.3. The second-order valence-corrected chi connectivity index (χ2v) is 3.33. The summed E-state index contributed by atoms with van der Waals surface area (Å²) in [6.45, 7) is 1.44. The van der Waals surface area contributed by atoms with Crippen LogP contribution in [-0.4, -0.2) is 28.5 Å². The van der Waals surface area contributed by atoms with Crippen LogP contribution in [0.2, 0.25) is 0 Å². The highest BCUT2D eigenvalue weighted by Gasteiger charge is 2.10. The second-order valence-electron chi connectivity index (χ2n) is 3.33. The Balaban J connectivity index is 2.63.